The first-order valence-electron chi connectivity index (χ1n) is 10.9. The van der Waals surface area contributed by atoms with Gasteiger partial charge in [-0.2, -0.15) is 0 Å². The lowest BCUT2D eigenvalue weighted by atomic mass is 9.84. The van der Waals surface area contributed by atoms with Gasteiger partial charge in [-0.25, -0.2) is 9.78 Å². The smallest absolute Gasteiger partial charge is 0.328 e. The molecule has 1 fully saturated rings. The maximum atomic E-state index is 12.3. The summed E-state index contributed by atoms with van der Waals surface area (Å²) in [5.74, 6) is -1.16. The van der Waals surface area contributed by atoms with E-state index >= 15 is 0 Å². The molecule has 1 atom stereocenters. The van der Waals surface area contributed by atoms with Gasteiger partial charge in [0.05, 0.1) is 12.3 Å². The third-order valence-electron chi connectivity index (χ3n) is 5.75. The molecule has 1 aliphatic rings. The van der Waals surface area contributed by atoms with Crippen LogP contribution in [0.25, 0.3) is 0 Å². The summed E-state index contributed by atoms with van der Waals surface area (Å²) in [6.45, 7) is 1.69. The second kappa shape index (κ2) is 11.3. The first kappa shape index (κ1) is 23.2. The summed E-state index contributed by atoms with van der Waals surface area (Å²) in [7, 11) is 0. The van der Waals surface area contributed by atoms with Crippen molar-refractivity contribution < 1.29 is 24.2 Å². The van der Waals surface area contributed by atoms with Crippen LogP contribution in [0.2, 0.25) is 0 Å². The first-order valence-corrected chi connectivity index (χ1v) is 10.9. The molecule has 0 saturated heterocycles. The topological polar surface area (TPSA) is 118 Å². The van der Waals surface area contributed by atoms with E-state index in [9.17, 15) is 19.5 Å². The molecule has 1 aliphatic carbocycles. The molecule has 0 aliphatic heterocycles. The molecule has 1 aromatic carbocycles. The van der Waals surface area contributed by atoms with Crippen LogP contribution < -0.4 is 10.6 Å². The average Bonchev–Trinajstić information content (AvgIpc) is 2.81. The van der Waals surface area contributed by atoms with Crippen LogP contribution in [0.5, 0.6) is 5.75 Å². The van der Waals surface area contributed by atoms with Crippen molar-refractivity contribution in [2.24, 2.45) is 0 Å². The normalized spacial score (nSPS) is 14.9. The minimum atomic E-state index is -0.930. The number of nitrogens with one attached hydrogen (secondary N) is 2. The van der Waals surface area contributed by atoms with Crippen molar-refractivity contribution in [3.63, 3.8) is 0 Å². The molecule has 1 aromatic heterocycles. The third-order valence-corrected chi connectivity index (χ3v) is 5.75. The Morgan fingerprint density at radius 1 is 1.19 bits per heavy atom. The molecule has 0 radical (unpaired) electrons. The SMILES string of the molecule is C[C@H](NC(=O)c1nccc(NC=O)c1O)C(=O)OCCc1ccc(C2CCCCC2)cc1. The first-order chi connectivity index (χ1) is 15.5. The zero-order valence-electron chi connectivity index (χ0n) is 18.2. The van der Waals surface area contributed by atoms with E-state index in [2.05, 4.69) is 39.9 Å². The summed E-state index contributed by atoms with van der Waals surface area (Å²) in [6, 6.07) is 8.92. The number of pyridine rings is 1. The number of carbonyl (C=O) groups excluding carboxylic acids is 3. The average molecular weight is 440 g/mol. The Morgan fingerprint density at radius 3 is 2.59 bits per heavy atom. The Balaban J connectivity index is 1.46. The second-order valence-electron chi connectivity index (χ2n) is 8.01. The minimum Gasteiger partial charge on any atom is -0.504 e. The predicted octanol–water partition coefficient (Wildman–Crippen LogP) is 3.31. The van der Waals surface area contributed by atoms with E-state index < -0.39 is 23.7 Å². The molecular weight excluding hydrogens is 410 g/mol. The number of anilines is 1. The van der Waals surface area contributed by atoms with Crippen molar-refractivity contribution in [1.29, 1.82) is 0 Å². The predicted molar refractivity (Wildman–Crippen MR) is 119 cm³/mol. The van der Waals surface area contributed by atoms with Gasteiger partial charge in [0.2, 0.25) is 6.41 Å². The van der Waals surface area contributed by atoms with Gasteiger partial charge in [-0.1, -0.05) is 43.5 Å². The van der Waals surface area contributed by atoms with Crippen LogP contribution in [0.1, 0.15) is 66.6 Å². The van der Waals surface area contributed by atoms with E-state index in [0.717, 1.165) is 5.56 Å². The van der Waals surface area contributed by atoms with Gasteiger partial charge in [0, 0.05) is 12.6 Å². The highest BCUT2D eigenvalue weighted by Gasteiger charge is 2.22. The van der Waals surface area contributed by atoms with Crippen molar-refractivity contribution in [2.75, 3.05) is 11.9 Å². The molecule has 1 saturated carbocycles. The molecular formula is C24H29N3O5. The van der Waals surface area contributed by atoms with Crippen molar-refractivity contribution >= 4 is 24.0 Å². The zero-order chi connectivity index (χ0) is 22.9. The van der Waals surface area contributed by atoms with E-state index in [4.69, 9.17) is 4.74 Å². The highest BCUT2D eigenvalue weighted by Crippen LogP contribution is 2.32. The maximum absolute atomic E-state index is 12.3. The third kappa shape index (κ3) is 6.06. The standard InChI is InChI=1S/C24H29N3O5/c1-16(27-23(30)21-22(29)20(26-15-28)11-13-25-21)24(31)32-14-12-17-7-9-19(10-8-17)18-5-3-2-4-6-18/h7-11,13,15-16,18,29H,2-6,12,14H2,1H3,(H,27,30)(H,25,26,28)/t16-/m0/s1. The molecule has 1 heterocycles. The molecule has 0 unspecified atom stereocenters. The number of amides is 2. The molecule has 8 heteroatoms. The molecule has 3 rings (SSSR count). The van der Waals surface area contributed by atoms with Crippen LogP contribution >= 0.6 is 0 Å². The summed E-state index contributed by atoms with van der Waals surface area (Å²) in [6.07, 6.45) is 8.67. The fourth-order valence-corrected chi connectivity index (χ4v) is 3.91. The van der Waals surface area contributed by atoms with Gasteiger partial charge in [0.15, 0.2) is 11.4 Å². The van der Waals surface area contributed by atoms with Gasteiger partial charge in [-0.05, 0) is 42.9 Å². The molecule has 2 amide bonds. The highest BCUT2D eigenvalue weighted by atomic mass is 16.5. The number of carbonyl (C=O) groups is 3. The van der Waals surface area contributed by atoms with Gasteiger partial charge in [-0.3, -0.25) is 9.59 Å². The van der Waals surface area contributed by atoms with E-state index in [1.54, 1.807) is 0 Å². The lowest BCUT2D eigenvalue weighted by molar-refractivity contribution is -0.145. The summed E-state index contributed by atoms with van der Waals surface area (Å²) in [5.41, 5.74) is 2.22. The van der Waals surface area contributed by atoms with Gasteiger partial charge < -0.3 is 20.5 Å². The van der Waals surface area contributed by atoms with Crippen molar-refractivity contribution in [2.45, 2.75) is 57.4 Å². The lowest BCUT2D eigenvalue weighted by Gasteiger charge is -2.22. The number of benzene rings is 1. The van der Waals surface area contributed by atoms with Crippen LogP contribution in [0, 0.1) is 0 Å². The zero-order valence-corrected chi connectivity index (χ0v) is 18.2. The van der Waals surface area contributed by atoms with Gasteiger partial charge >= 0.3 is 5.97 Å². The number of nitrogens with zero attached hydrogens (tertiary/aromatic N) is 1. The summed E-state index contributed by atoms with van der Waals surface area (Å²) in [4.78, 5) is 38.9. The molecule has 170 valence electrons. The van der Waals surface area contributed by atoms with E-state index in [1.807, 2.05) is 0 Å². The van der Waals surface area contributed by atoms with Crippen molar-refractivity contribution in [3.05, 3.63) is 53.3 Å². The van der Waals surface area contributed by atoms with Crippen LogP contribution in [0.15, 0.2) is 36.5 Å². The fourth-order valence-electron chi connectivity index (χ4n) is 3.91. The Morgan fingerprint density at radius 2 is 1.91 bits per heavy atom. The van der Waals surface area contributed by atoms with E-state index in [0.29, 0.717) is 18.7 Å². The molecule has 2 aromatic rings. The number of ether oxygens (including phenoxy) is 1. The monoisotopic (exact) mass is 439 g/mol. The Bertz CT molecular complexity index is 939. The number of rotatable bonds is 9. The molecule has 3 N–H and O–H groups in total. The lowest BCUT2D eigenvalue weighted by Crippen LogP contribution is -2.40. The van der Waals surface area contributed by atoms with Crippen molar-refractivity contribution in [3.8, 4) is 5.75 Å². The fraction of sp³-hybridized carbons (Fsp3) is 0.417. The van der Waals surface area contributed by atoms with Crippen LogP contribution in [-0.4, -0.2) is 41.0 Å². The van der Waals surface area contributed by atoms with E-state index in [1.165, 1.54) is 56.9 Å². The Labute approximate surface area is 187 Å². The van der Waals surface area contributed by atoms with Crippen LogP contribution in [-0.2, 0) is 20.7 Å². The van der Waals surface area contributed by atoms with Crippen LogP contribution in [0.3, 0.4) is 0 Å². The number of hydrogen-bond donors (Lipinski definition) is 3. The van der Waals surface area contributed by atoms with Gasteiger partial charge in [-0.15, -0.1) is 0 Å². The summed E-state index contributed by atoms with van der Waals surface area (Å²) < 4.78 is 5.29. The molecule has 0 spiro atoms. The quantitative estimate of drug-likeness (QED) is 0.408. The Hall–Kier alpha value is -3.42. The Kier molecular flexibility index (Phi) is 8.19. The molecule has 0 bridgehead atoms. The van der Waals surface area contributed by atoms with Crippen molar-refractivity contribution in [1.82, 2.24) is 10.3 Å². The van der Waals surface area contributed by atoms with Gasteiger partial charge in [0.25, 0.3) is 5.91 Å². The molecule has 8 nitrogen and oxygen atoms in total. The van der Waals surface area contributed by atoms with Crippen LogP contribution in [0.4, 0.5) is 5.69 Å². The number of aromatic hydroxyl groups is 1. The highest BCUT2D eigenvalue weighted by molar-refractivity contribution is 5.99. The van der Waals surface area contributed by atoms with Gasteiger partial charge in [0.1, 0.15) is 6.04 Å². The van der Waals surface area contributed by atoms with E-state index in [-0.39, 0.29) is 18.0 Å². The number of esters is 1. The number of hydrogen-bond acceptors (Lipinski definition) is 6. The summed E-state index contributed by atoms with van der Waals surface area (Å²) >= 11 is 0. The maximum Gasteiger partial charge on any atom is 0.328 e. The summed E-state index contributed by atoms with van der Waals surface area (Å²) in [5, 5.41) is 14.8. The molecule has 32 heavy (non-hydrogen) atoms. The largest absolute Gasteiger partial charge is 0.504 e. The minimum absolute atomic E-state index is 0.0462. The number of aromatic nitrogens is 1. The second-order valence-corrected chi connectivity index (χ2v) is 8.01.